The van der Waals surface area contributed by atoms with Gasteiger partial charge in [-0.2, -0.15) is 5.06 Å². The standard InChI is InChI=1S/C15H13NO2/c17-15-10-13-8-4-5-9-14(13)18-16(15)11-12-6-2-1-3-7-12/h1-9H,10-11H2. The molecule has 0 saturated carbocycles. The van der Waals surface area contributed by atoms with E-state index in [-0.39, 0.29) is 5.91 Å². The van der Waals surface area contributed by atoms with Crippen LogP contribution in [0, 0.1) is 0 Å². The highest BCUT2D eigenvalue weighted by atomic mass is 16.7. The monoisotopic (exact) mass is 239 g/mol. The van der Waals surface area contributed by atoms with Crippen LogP contribution in [-0.2, 0) is 17.8 Å². The molecule has 1 heterocycles. The molecule has 0 saturated heterocycles. The second kappa shape index (κ2) is 4.53. The van der Waals surface area contributed by atoms with Crippen molar-refractivity contribution in [1.29, 1.82) is 0 Å². The minimum atomic E-state index is -0.00227. The van der Waals surface area contributed by atoms with Crippen molar-refractivity contribution in [3.8, 4) is 5.75 Å². The Kier molecular flexibility index (Phi) is 2.73. The van der Waals surface area contributed by atoms with Crippen LogP contribution in [0.4, 0.5) is 0 Å². The van der Waals surface area contributed by atoms with Gasteiger partial charge in [-0.1, -0.05) is 48.5 Å². The molecule has 2 aromatic rings. The predicted molar refractivity (Wildman–Crippen MR) is 67.8 cm³/mol. The molecular formula is C15H13NO2. The Morgan fingerprint density at radius 3 is 2.56 bits per heavy atom. The Morgan fingerprint density at radius 1 is 1.00 bits per heavy atom. The number of fused-ring (bicyclic) bond motifs is 1. The van der Waals surface area contributed by atoms with Crippen molar-refractivity contribution in [2.45, 2.75) is 13.0 Å². The number of hydrogen-bond acceptors (Lipinski definition) is 2. The van der Waals surface area contributed by atoms with Crippen LogP contribution < -0.4 is 4.84 Å². The number of carbonyl (C=O) groups excluding carboxylic acids is 1. The summed E-state index contributed by atoms with van der Waals surface area (Å²) in [7, 11) is 0. The van der Waals surface area contributed by atoms with Gasteiger partial charge in [-0.05, 0) is 11.6 Å². The molecule has 0 radical (unpaired) electrons. The summed E-state index contributed by atoms with van der Waals surface area (Å²) in [6.07, 6.45) is 0.406. The molecule has 90 valence electrons. The largest absolute Gasteiger partial charge is 0.376 e. The van der Waals surface area contributed by atoms with Crippen LogP contribution in [0.1, 0.15) is 11.1 Å². The van der Waals surface area contributed by atoms with Gasteiger partial charge in [0.25, 0.3) is 5.91 Å². The highest BCUT2D eigenvalue weighted by Crippen LogP contribution is 2.25. The van der Waals surface area contributed by atoms with Gasteiger partial charge in [0, 0.05) is 5.56 Å². The second-order valence-corrected chi connectivity index (χ2v) is 4.29. The van der Waals surface area contributed by atoms with Crippen LogP contribution in [0.5, 0.6) is 5.75 Å². The van der Waals surface area contributed by atoms with E-state index in [1.54, 1.807) is 0 Å². The van der Waals surface area contributed by atoms with Crippen LogP contribution in [0.3, 0.4) is 0 Å². The predicted octanol–water partition coefficient (Wildman–Crippen LogP) is 2.57. The lowest BCUT2D eigenvalue weighted by molar-refractivity contribution is -0.162. The highest BCUT2D eigenvalue weighted by molar-refractivity contribution is 5.80. The average molecular weight is 239 g/mol. The fourth-order valence-electron chi connectivity index (χ4n) is 2.03. The van der Waals surface area contributed by atoms with E-state index in [9.17, 15) is 4.79 Å². The smallest absolute Gasteiger partial charge is 0.260 e. The van der Waals surface area contributed by atoms with E-state index in [0.717, 1.165) is 16.9 Å². The van der Waals surface area contributed by atoms with Crippen LogP contribution in [0.15, 0.2) is 54.6 Å². The molecule has 3 heteroatoms. The molecule has 2 aromatic carbocycles. The third-order valence-electron chi connectivity index (χ3n) is 2.97. The van der Waals surface area contributed by atoms with E-state index in [2.05, 4.69) is 0 Å². The SMILES string of the molecule is O=C1Cc2ccccc2ON1Cc1ccccc1. The topological polar surface area (TPSA) is 29.5 Å². The van der Waals surface area contributed by atoms with Crippen molar-refractivity contribution in [2.75, 3.05) is 0 Å². The van der Waals surface area contributed by atoms with Crippen LogP contribution >= 0.6 is 0 Å². The zero-order valence-corrected chi connectivity index (χ0v) is 9.87. The lowest BCUT2D eigenvalue weighted by Crippen LogP contribution is -2.38. The number of benzene rings is 2. The second-order valence-electron chi connectivity index (χ2n) is 4.29. The summed E-state index contributed by atoms with van der Waals surface area (Å²) in [6, 6.07) is 17.5. The maximum atomic E-state index is 12.0. The third-order valence-corrected chi connectivity index (χ3v) is 2.97. The van der Waals surface area contributed by atoms with Gasteiger partial charge in [-0.3, -0.25) is 4.79 Å². The number of hydrogen-bond donors (Lipinski definition) is 0. The fourth-order valence-corrected chi connectivity index (χ4v) is 2.03. The summed E-state index contributed by atoms with van der Waals surface area (Å²) in [5.74, 6) is 0.769. The average Bonchev–Trinajstić information content (AvgIpc) is 2.41. The van der Waals surface area contributed by atoms with E-state index in [1.807, 2.05) is 54.6 Å². The number of hydroxylamine groups is 2. The first-order chi connectivity index (χ1) is 8.83. The molecule has 1 amide bonds. The molecule has 0 unspecified atom stereocenters. The fraction of sp³-hybridized carbons (Fsp3) is 0.133. The number of carbonyl (C=O) groups is 1. The summed E-state index contributed by atoms with van der Waals surface area (Å²) in [4.78, 5) is 17.6. The van der Waals surface area contributed by atoms with Gasteiger partial charge < -0.3 is 4.84 Å². The summed E-state index contributed by atoms with van der Waals surface area (Å²) in [5.41, 5.74) is 2.01. The van der Waals surface area contributed by atoms with E-state index < -0.39 is 0 Å². The Labute approximate surface area is 106 Å². The molecule has 0 aromatic heterocycles. The molecule has 0 atom stereocenters. The quantitative estimate of drug-likeness (QED) is 0.806. The lowest BCUT2D eigenvalue weighted by atomic mass is 10.1. The molecular weight excluding hydrogens is 226 g/mol. The molecule has 0 fully saturated rings. The van der Waals surface area contributed by atoms with Crippen LogP contribution in [-0.4, -0.2) is 11.0 Å². The molecule has 1 aliphatic rings. The zero-order chi connectivity index (χ0) is 12.4. The summed E-state index contributed by atoms with van der Waals surface area (Å²) < 4.78 is 0. The number of para-hydroxylation sites is 1. The van der Waals surface area contributed by atoms with E-state index in [0.29, 0.717) is 13.0 Å². The minimum absolute atomic E-state index is 0.00227. The summed E-state index contributed by atoms with van der Waals surface area (Å²) in [6.45, 7) is 0.480. The Hall–Kier alpha value is -2.29. The van der Waals surface area contributed by atoms with Gasteiger partial charge in [0.1, 0.15) is 0 Å². The Bertz CT molecular complexity index is 566. The molecule has 18 heavy (non-hydrogen) atoms. The maximum Gasteiger partial charge on any atom is 0.260 e. The lowest BCUT2D eigenvalue weighted by Gasteiger charge is -2.28. The van der Waals surface area contributed by atoms with Crippen LogP contribution in [0.2, 0.25) is 0 Å². The van der Waals surface area contributed by atoms with Crippen LogP contribution in [0.25, 0.3) is 0 Å². The molecule has 3 nitrogen and oxygen atoms in total. The molecule has 0 bridgehead atoms. The Balaban J connectivity index is 1.81. The van der Waals surface area contributed by atoms with Crippen molar-refractivity contribution in [3.05, 3.63) is 65.7 Å². The van der Waals surface area contributed by atoms with Gasteiger partial charge in [-0.15, -0.1) is 0 Å². The molecule has 1 aliphatic heterocycles. The van der Waals surface area contributed by atoms with Gasteiger partial charge in [0.05, 0.1) is 13.0 Å². The van der Waals surface area contributed by atoms with E-state index >= 15 is 0 Å². The first kappa shape index (κ1) is 10.8. The van der Waals surface area contributed by atoms with Gasteiger partial charge in [-0.25, -0.2) is 0 Å². The number of nitrogens with zero attached hydrogens (tertiary/aromatic N) is 1. The van der Waals surface area contributed by atoms with Crippen molar-refractivity contribution < 1.29 is 9.63 Å². The van der Waals surface area contributed by atoms with E-state index in [4.69, 9.17) is 4.84 Å². The highest BCUT2D eigenvalue weighted by Gasteiger charge is 2.24. The number of amides is 1. The van der Waals surface area contributed by atoms with Crippen molar-refractivity contribution in [2.24, 2.45) is 0 Å². The zero-order valence-electron chi connectivity index (χ0n) is 9.87. The molecule has 0 aliphatic carbocycles. The third kappa shape index (κ3) is 2.07. The van der Waals surface area contributed by atoms with Crippen molar-refractivity contribution in [1.82, 2.24) is 5.06 Å². The van der Waals surface area contributed by atoms with E-state index in [1.165, 1.54) is 5.06 Å². The minimum Gasteiger partial charge on any atom is -0.376 e. The summed E-state index contributed by atoms with van der Waals surface area (Å²) in [5, 5.41) is 1.43. The number of rotatable bonds is 2. The van der Waals surface area contributed by atoms with Gasteiger partial charge in [0.2, 0.25) is 0 Å². The normalized spacial score (nSPS) is 14.0. The molecule has 0 spiro atoms. The Morgan fingerprint density at radius 2 is 1.72 bits per heavy atom. The van der Waals surface area contributed by atoms with Crippen molar-refractivity contribution >= 4 is 5.91 Å². The maximum absolute atomic E-state index is 12.0. The van der Waals surface area contributed by atoms with Crippen molar-refractivity contribution in [3.63, 3.8) is 0 Å². The van der Waals surface area contributed by atoms with Gasteiger partial charge >= 0.3 is 0 Å². The first-order valence-corrected chi connectivity index (χ1v) is 5.93. The molecule has 0 N–H and O–H groups in total. The first-order valence-electron chi connectivity index (χ1n) is 5.93. The van der Waals surface area contributed by atoms with Gasteiger partial charge in [0.15, 0.2) is 5.75 Å². The summed E-state index contributed by atoms with van der Waals surface area (Å²) >= 11 is 0. The molecule has 3 rings (SSSR count).